The quantitative estimate of drug-likeness (QED) is 0.869. The predicted octanol–water partition coefficient (Wildman–Crippen LogP) is 3.03. The van der Waals surface area contributed by atoms with Crippen molar-refractivity contribution in [3.63, 3.8) is 0 Å². The summed E-state index contributed by atoms with van der Waals surface area (Å²) in [5.74, 6) is 1.67. The van der Waals surface area contributed by atoms with Crippen LogP contribution in [-0.4, -0.2) is 13.7 Å². The second kappa shape index (κ2) is 4.58. The van der Waals surface area contributed by atoms with E-state index in [2.05, 4.69) is 18.2 Å². The molecule has 0 heterocycles. The van der Waals surface area contributed by atoms with E-state index in [1.165, 1.54) is 37.7 Å². The molecule has 2 heteroatoms. The van der Waals surface area contributed by atoms with Gasteiger partial charge in [-0.05, 0) is 66.8 Å². The number of hydrogen-bond acceptors (Lipinski definition) is 2. The van der Waals surface area contributed by atoms with Gasteiger partial charge >= 0.3 is 0 Å². The van der Waals surface area contributed by atoms with Crippen molar-refractivity contribution >= 4 is 0 Å². The van der Waals surface area contributed by atoms with Crippen LogP contribution < -0.4 is 10.5 Å². The lowest BCUT2D eigenvalue weighted by molar-refractivity contribution is 0.243. The van der Waals surface area contributed by atoms with E-state index in [1.54, 1.807) is 12.7 Å². The molecular formula is C16H23NO. The summed E-state index contributed by atoms with van der Waals surface area (Å²) in [6.45, 7) is 0.839. The van der Waals surface area contributed by atoms with Gasteiger partial charge in [0.15, 0.2) is 0 Å². The predicted molar refractivity (Wildman–Crippen MR) is 74.0 cm³/mol. The Morgan fingerprint density at radius 1 is 1.33 bits per heavy atom. The molecule has 1 aromatic rings. The van der Waals surface area contributed by atoms with Gasteiger partial charge in [0.25, 0.3) is 0 Å². The zero-order valence-corrected chi connectivity index (χ0v) is 11.2. The largest absolute Gasteiger partial charge is 0.497 e. The lowest BCUT2D eigenvalue weighted by Crippen LogP contribution is -2.41. The fraction of sp³-hybridized carbons (Fsp3) is 0.625. The van der Waals surface area contributed by atoms with Crippen molar-refractivity contribution in [3.8, 4) is 5.75 Å². The van der Waals surface area contributed by atoms with Gasteiger partial charge in [0.1, 0.15) is 5.75 Å². The van der Waals surface area contributed by atoms with E-state index in [0.29, 0.717) is 11.3 Å². The van der Waals surface area contributed by atoms with Gasteiger partial charge in [0.05, 0.1) is 7.11 Å². The molecule has 18 heavy (non-hydrogen) atoms. The maximum atomic E-state index is 6.05. The third kappa shape index (κ3) is 1.66. The third-order valence-corrected chi connectivity index (χ3v) is 5.17. The van der Waals surface area contributed by atoms with Crippen LogP contribution in [0.3, 0.4) is 0 Å². The fourth-order valence-electron chi connectivity index (χ4n) is 4.24. The zero-order chi connectivity index (χ0) is 12.6. The molecule has 2 N–H and O–H groups in total. The molecule has 1 atom stereocenters. The Labute approximate surface area is 110 Å². The van der Waals surface area contributed by atoms with Gasteiger partial charge in [-0.2, -0.15) is 0 Å². The molecule has 2 aliphatic carbocycles. The molecule has 1 fully saturated rings. The Kier molecular flexibility index (Phi) is 3.06. The fourth-order valence-corrected chi connectivity index (χ4v) is 4.24. The van der Waals surface area contributed by atoms with E-state index < -0.39 is 0 Å². The van der Waals surface area contributed by atoms with Crippen LogP contribution in [0.2, 0.25) is 0 Å². The van der Waals surface area contributed by atoms with Crippen LogP contribution in [0.5, 0.6) is 5.75 Å². The third-order valence-electron chi connectivity index (χ3n) is 5.17. The second-order valence-corrected chi connectivity index (χ2v) is 5.86. The first-order chi connectivity index (χ1) is 8.80. The second-order valence-electron chi connectivity index (χ2n) is 5.86. The highest BCUT2D eigenvalue weighted by Crippen LogP contribution is 2.52. The van der Waals surface area contributed by atoms with Crippen molar-refractivity contribution in [3.05, 3.63) is 29.3 Å². The number of ether oxygens (including phenoxy) is 1. The van der Waals surface area contributed by atoms with Crippen molar-refractivity contribution in [1.82, 2.24) is 0 Å². The molecule has 1 unspecified atom stereocenters. The number of methoxy groups -OCH3 is 1. The van der Waals surface area contributed by atoms with Gasteiger partial charge in [-0.25, -0.2) is 0 Å². The van der Waals surface area contributed by atoms with E-state index in [0.717, 1.165) is 18.7 Å². The Morgan fingerprint density at radius 3 is 2.78 bits per heavy atom. The van der Waals surface area contributed by atoms with Gasteiger partial charge in [0, 0.05) is 0 Å². The highest BCUT2D eigenvalue weighted by molar-refractivity contribution is 5.43. The Bertz CT molecular complexity index is 435. The van der Waals surface area contributed by atoms with E-state index in [9.17, 15) is 0 Å². The van der Waals surface area contributed by atoms with Gasteiger partial charge in [0.2, 0.25) is 0 Å². The first-order valence-corrected chi connectivity index (χ1v) is 7.17. The van der Waals surface area contributed by atoms with Gasteiger partial charge in [-0.1, -0.05) is 18.9 Å². The van der Waals surface area contributed by atoms with Crippen molar-refractivity contribution in [2.45, 2.75) is 43.9 Å². The number of rotatable bonds is 2. The standard InChI is InChI=1S/C16H23NO/c1-18-14-6-7-15-12(10-14)4-5-13(11-17)16(15)8-2-3-9-16/h6-7,10,13H,2-5,8-9,11,17H2,1H3. The number of benzene rings is 1. The topological polar surface area (TPSA) is 35.2 Å². The van der Waals surface area contributed by atoms with Gasteiger partial charge in [-0.3, -0.25) is 0 Å². The molecule has 0 aliphatic heterocycles. The number of nitrogens with two attached hydrogens (primary N) is 1. The van der Waals surface area contributed by atoms with Crippen molar-refractivity contribution in [1.29, 1.82) is 0 Å². The molecule has 0 bridgehead atoms. The minimum atomic E-state index is 0.384. The molecule has 2 nitrogen and oxygen atoms in total. The van der Waals surface area contributed by atoms with E-state index in [4.69, 9.17) is 10.5 Å². The first-order valence-electron chi connectivity index (χ1n) is 7.17. The number of hydrogen-bond donors (Lipinski definition) is 1. The van der Waals surface area contributed by atoms with Crippen LogP contribution in [0, 0.1) is 5.92 Å². The van der Waals surface area contributed by atoms with Gasteiger partial charge in [-0.15, -0.1) is 0 Å². The molecule has 98 valence electrons. The van der Waals surface area contributed by atoms with Crippen LogP contribution in [0.15, 0.2) is 18.2 Å². The molecule has 1 aromatic carbocycles. The maximum absolute atomic E-state index is 6.05. The van der Waals surface area contributed by atoms with Crippen LogP contribution >= 0.6 is 0 Å². The Morgan fingerprint density at radius 2 is 2.11 bits per heavy atom. The summed E-state index contributed by atoms with van der Waals surface area (Å²) >= 11 is 0. The monoisotopic (exact) mass is 245 g/mol. The Hall–Kier alpha value is -1.02. The summed E-state index contributed by atoms with van der Waals surface area (Å²) < 4.78 is 5.36. The minimum absolute atomic E-state index is 0.384. The Balaban J connectivity index is 2.07. The summed E-state index contributed by atoms with van der Waals surface area (Å²) in [5, 5.41) is 0. The highest BCUT2D eigenvalue weighted by atomic mass is 16.5. The zero-order valence-electron chi connectivity index (χ0n) is 11.2. The number of fused-ring (bicyclic) bond motifs is 2. The SMILES string of the molecule is COc1ccc2c(c1)CCC(CN)C21CCCC1. The van der Waals surface area contributed by atoms with Gasteiger partial charge < -0.3 is 10.5 Å². The average Bonchev–Trinajstić information content (AvgIpc) is 2.89. The summed E-state index contributed by atoms with van der Waals surface area (Å²) in [6.07, 6.45) is 7.79. The van der Waals surface area contributed by atoms with Crippen LogP contribution in [0.25, 0.3) is 0 Å². The van der Waals surface area contributed by atoms with Crippen molar-refractivity contribution in [2.75, 3.05) is 13.7 Å². The summed E-state index contributed by atoms with van der Waals surface area (Å²) in [4.78, 5) is 0. The van der Waals surface area contributed by atoms with Crippen LogP contribution in [-0.2, 0) is 11.8 Å². The molecule has 1 saturated carbocycles. The molecular weight excluding hydrogens is 222 g/mol. The van der Waals surface area contributed by atoms with Crippen molar-refractivity contribution in [2.24, 2.45) is 11.7 Å². The molecule has 2 aliphatic rings. The highest BCUT2D eigenvalue weighted by Gasteiger charge is 2.45. The molecule has 3 rings (SSSR count). The minimum Gasteiger partial charge on any atom is -0.497 e. The molecule has 0 aromatic heterocycles. The average molecular weight is 245 g/mol. The van der Waals surface area contributed by atoms with Crippen molar-refractivity contribution < 1.29 is 4.74 Å². The molecule has 1 spiro atoms. The molecule has 0 saturated heterocycles. The smallest absolute Gasteiger partial charge is 0.119 e. The lowest BCUT2D eigenvalue weighted by atomic mass is 9.62. The maximum Gasteiger partial charge on any atom is 0.119 e. The van der Waals surface area contributed by atoms with Crippen LogP contribution in [0.4, 0.5) is 0 Å². The normalized spacial score (nSPS) is 25.1. The molecule has 0 radical (unpaired) electrons. The lowest BCUT2D eigenvalue weighted by Gasteiger charge is -2.43. The van der Waals surface area contributed by atoms with E-state index >= 15 is 0 Å². The summed E-state index contributed by atoms with van der Waals surface area (Å²) in [6, 6.07) is 6.67. The van der Waals surface area contributed by atoms with E-state index in [1.807, 2.05) is 0 Å². The first kappa shape index (κ1) is 12.0. The summed E-state index contributed by atoms with van der Waals surface area (Å²) in [7, 11) is 1.75. The molecule has 0 amide bonds. The summed E-state index contributed by atoms with van der Waals surface area (Å²) in [5.41, 5.74) is 9.50. The van der Waals surface area contributed by atoms with Crippen LogP contribution in [0.1, 0.15) is 43.2 Å². The van der Waals surface area contributed by atoms with E-state index in [-0.39, 0.29) is 0 Å². The number of aryl methyl sites for hydroxylation is 1.